The topological polar surface area (TPSA) is 79.2 Å². The van der Waals surface area contributed by atoms with E-state index in [1.165, 1.54) is 0 Å². The van der Waals surface area contributed by atoms with Gasteiger partial charge in [0.05, 0.1) is 22.7 Å². The summed E-state index contributed by atoms with van der Waals surface area (Å²) in [5, 5.41) is 19.8. The van der Waals surface area contributed by atoms with Gasteiger partial charge < -0.3 is 15.7 Å². The Morgan fingerprint density at radius 3 is 2.63 bits per heavy atom. The summed E-state index contributed by atoms with van der Waals surface area (Å²) in [4.78, 5) is 11.8. The molecule has 6 heteroatoms. The Labute approximate surface area is 113 Å². The first-order valence-electron chi connectivity index (χ1n) is 6.76. The molecule has 19 heavy (non-hydrogen) atoms. The highest BCUT2D eigenvalue weighted by Gasteiger charge is 2.34. The van der Waals surface area contributed by atoms with Gasteiger partial charge in [0.1, 0.15) is 0 Å². The third-order valence-corrected chi connectivity index (χ3v) is 3.78. The van der Waals surface area contributed by atoms with Gasteiger partial charge in [-0.25, -0.2) is 4.79 Å². The lowest BCUT2D eigenvalue weighted by molar-refractivity contribution is -0.0287. The molecule has 1 heterocycles. The van der Waals surface area contributed by atoms with Crippen LogP contribution in [-0.4, -0.2) is 33.1 Å². The Kier molecular flexibility index (Phi) is 3.80. The lowest BCUT2D eigenvalue weighted by atomic mass is 9.80. The van der Waals surface area contributed by atoms with E-state index in [1.807, 2.05) is 25.5 Å². The lowest BCUT2D eigenvalue weighted by Gasteiger charge is -2.36. The van der Waals surface area contributed by atoms with Crippen LogP contribution in [0.1, 0.15) is 37.6 Å². The van der Waals surface area contributed by atoms with Crippen molar-refractivity contribution >= 4 is 11.7 Å². The van der Waals surface area contributed by atoms with Crippen LogP contribution in [0.3, 0.4) is 0 Å². The predicted octanol–water partition coefficient (Wildman–Crippen LogP) is 1.56. The molecule has 0 saturated heterocycles. The first-order chi connectivity index (χ1) is 8.95. The highest BCUT2D eigenvalue weighted by Crippen LogP contribution is 2.30. The lowest BCUT2D eigenvalue weighted by Crippen LogP contribution is -2.48. The van der Waals surface area contributed by atoms with Gasteiger partial charge in [0, 0.05) is 13.1 Å². The van der Waals surface area contributed by atoms with E-state index in [0.29, 0.717) is 6.54 Å². The molecule has 3 N–H and O–H groups in total. The molecule has 1 fully saturated rings. The second-order valence-corrected chi connectivity index (χ2v) is 5.25. The number of urea groups is 1. The third-order valence-electron chi connectivity index (χ3n) is 3.78. The van der Waals surface area contributed by atoms with Crippen molar-refractivity contribution in [2.24, 2.45) is 0 Å². The molecule has 0 unspecified atom stereocenters. The summed E-state index contributed by atoms with van der Waals surface area (Å²) in [5.74, 6) is 0. The fraction of sp³-hybridized carbons (Fsp3) is 0.692. The molecule has 2 amide bonds. The van der Waals surface area contributed by atoms with E-state index < -0.39 is 5.60 Å². The van der Waals surface area contributed by atoms with Gasteiger partial charge in [-0.15, -0.1) is 0 Å². The highest BCUT2D eigenvalue weighted by atomic mass is 16.3. The minimum absolute atomic E-state index is 0.290. The molecular weight excluding hydrogens is 244 g/mol. The van der Waals surface area contributed by atoms with Crippen molar-refractivity contribution in [3.63, 3.8) is 0 Å². The Balaban J connectivity index is 1.93. The van der Waals surface area contributed by atoms with Crippen LogP contribution < -0.4 is 10.6 Å². The molecular formula is C13H22N4O2. The second kappa shape index (κ2) is 5.21. The maximum atomic E-state index is 11.8. The minimum atomic E-state index is -0.699. The van der Waals surface area contributed by atoms with Crippen LogP contribution in [0, 0.1) is 13.8 Å². The van der Waals surface area contributed by atoms with Gasteiger partial charge in [0.2, 0.25) is 0 Å². The van der Waals surface area contributed by atoms with Gasteiger partial charge in [-0.2, -0.15) is 5.10 Å². The van der Waals surface area contributed by atoms with Crippen LogP contribution >= 0.6 is 0 Å². The van der Waals surface area contributed by atoms with E-state index in [4.69, 9.17) is 0 Å². The molecule has 1 aliphatic rings. The number of aryl methyl sites for hydroxylation is 2. The summed E-state index contributed by atoms with van der Waals surface area (Å²) < 4.78 is 1.85. The monoisotopic (exact) mass is 266 g/mol. The Hall–Kier alpha value is -1.56. The van der Waals surface area contributed by atoms with Crippen LogP contribution in [0.2, 0.25) is 0 Å². The molecule has 1 aromatic heterocycles. The highest BCUT2D eigenvalue weighted by molar-refractivity contribution is 5.90. The van der Waals surface area contributed by atoms with Crippen molar-refractivity contribution in [1.82, 2.24) is 15.1 Å². The standard InChI is InChI=1S/C13H22N4O2/c1-4-17-10(3)11(9(2)16-17)15-12(18)14-8-13(19)6-5-7-13/h19H,4-8H2,1-3H3,(H2,14,15,18). The number of aromatic nitrogens is 2. The maximum absolute atomic E-state index is 11.8. The fourth-order valence-corrected chi connectivity index (χ4v) is 2.35. The number of hydrogen-bond donors (Lipinski definition) is 3. The van der Waals surface area contributed by atoms with Gasteiger partial charge in [0.15, 0.2) is 0 Å². The molecule has 0 atom stereocenters. The number of amides is 2. The van der Waals surface area contributed by atoms with Crippen LogP contribution in [-0.2, 0) is 6.54 Å². The van der Waals surface area contributed by atoms with E-state index in [-0.39, 0.29) is 6.03 Å². The first kappa shape index (κ1) is 13.9. The van der Waals surface area contributed by atoms with E-state index >= 15 is 0 Å². The van der Waals surface area contributed by atoms with Crippen molar-refractivity contribution in [3.05, 3.63) is 11.4 Å². The smallest absolute Gasteiger partial charge is 0.319 e. The van der Waals surface area contributed by atoms with Gasteiger partial charge in [-0.1, -0.05) is 0 Å². The number of carbonyl (C=O) groups is 1. The van der Waals surface area contributed by atoms with Crippen molar-refractivity contribution in [3.8, 4) is 0 Å². The molecule has 0 aliphatic heterocycles. The number of carbonyl (C=O) groups excluding carboxylic acids is 1. The summed E-state index contributed by atoms with van der Waals surface area (Å²) in [5.41, 5.74) is 1.80. The average molecular weight is 266 g/mol. The van der Waals surface area contributed by atoms with Gasteiger partial charge in [0.25, 0.3) is 0 Å². The molecule has 106 valence electrons. The van der Waals surface area contributed by atoms with Crippen LogP contribution in [0.5, 0.6) is 0 Å². The molecule has 1 aliphatic carbocycles. The molecule has 6 nitrogen and oxygen atoms in total. The number of nitrogens with one attached hydrogen (secondary N) is 2. The molecule has 0 bridgehead atoms. The molecule has 2 rings (SSSR count). The normalized spacial score (nSPS) is 16.8. The molecule has 0 radical (unpaired) electrons. The second-order valence-electron chi connectivity index (χ2n) is 5.25. The quantitative estimate of drug-likeness (QED) is 0.773. The van der Waals surface area contributed by atoms with Gasteiger partial charge in [-0.3, -0.25) is 4.68 Å². The Morgan fingerprint density at radius 1 is 1.47 bits per heavy atom. The molecule has 0 aromatic carbocycles. The predicted molar refractivity (Wildman–Crippen MR) is 73.2 cm³/mol. The van der Waals surface area contributed by atoms with E-state index in [0.717, 1.165) is 42.9 Å². The SMILES string of the molecule is CCn1nc(C)c(NC(=O)NCC2(O)CCC2)c1C. The third kappa shape index (κ3) is 2.89. The number of hydrogen-bond acceptors (Lipinski definition) is 3. The van der Waals surface area contributed by atoms with Gasteiger partial charge in [-0.05, 0) is 40.0 Å². The largest absolute Gasteiger partial charge is 0.388 e. The minimum Gasteiger partial charge on any atom is -0.388 e. The Morgan fingerprint density at radius 2 is 2.16 bits per heavy atom. The number of nitrogens with zero attached hydrogens (tertiary/aromatic N) is 2. The van der Waals surface area contributed by atoms with Crippen molar-refractivity contribution in [2.45, 2.75) is 52.2 Å². The zero-order valence-corrected chi connectivity index (χ0v) is 11.8. The molecule has 1 aromatic rings. The van der Waals surface area contributed by atoms with E-state index in [9.17, 15) is 9.90 Å². The molecule has 0 spiro atoms. The van der Waals surface area contributed by atoms with Gasteiger partial charge >= 0.3 is 6.03 Å². The number of aliphatic hydroxyl groups is 1. The van der Waals surface area contributed by atoms with Crippen molar-refractivity contribution in [2.75, 3.05) is 11.9 Å². The number of rotatable bonds is 4. The maximum Gasteiger partial charge on any atom is 0.319 e. The van der Waals surface area contributed by atoms with Crippen LogP contribution in [0.25, 0.3) is 0 Å². The first-order valence-corrected chi connectivity index (χ1v) is 6.76. The zero-order valence-electron chi connectivity index (χ0n) is 11.8. The summed E-state index contributed by atoms with van der Waals surface area (Å²) in [6, 6.07) is -0.290. The van der Waals surface area contributed by atoms with Crippen LogP contribution in [0.15, 0.2) is 0 Å². The fourth-order valence-electron chi connectivity index (χ4n) is 2.35. The average Bonchev–Trinajstić information content (AvgIpc) is 2.61. The molecule has 1 saturated carbocycles. The number of anilines is 1. The van der Waals surface area contributed by atoms with Crippen molar-refractivity contribution in [1.29, 1.82) is 0 Å². The summed E-state index contributed by atoms with van der Waals surface area (Å²) in [6.45, 7) is 6.89. The summed E-state index contributed by atoms with van der Waals surface area (Å²) >= 11 is 0. The van der Waals surface area contributed by atoms with Crippen molar-refractivity contribution < 1.29 is 9.90 Å². The zero-order chi connectivity index (χ0) is 14.0. The van der Waals surface area contributed by atoms with E-state index in [2.05, 4.69) is 15.7 Å². The van der Waals surface area contributed by atoms with E-state index in [1.54, 1.807) is 0 Å². The Bertz CT molecular complexity index is 477. The summed E-state index contributed by atoms with van der Waals surface area (Å²) in [6.07, 6.45) is 2.56. The summed E-state index contributed by atoms with van der Waals surface area (Å²) in [7, 11) is 0. The van der Waals surface area contributed by atoms with Crippen LogP contribution in [0.4, 0.5) is 10.5 Å².